The van der Waals surface area contributed by atoms with Crippen LogP contribution in [0.15, 0.2) is 0 Å². The number of carbonyl (C=O) groups is 2. The maximum Gasteiger partial charge on any atom is 0.321 e. The number of urea groups is 1. The largest absolute Gasteiger partial charge is 0.335 e. The first-order chi connectivity index (χ1) is 9.66. The molecule has 2 rings (SSSR count). The highest BCUT2D eigenvalue weighted by Crippen LogP contribution is 2.17. The topological polar surface area (TPSA) is 73.5 Å². The number of piperazine rings is 1. The van der Waals surface area contributed by atoms with Crippen LogP contribution in [0.1, 0.15) is 39.0 Å². The molecule has 6 nitrogen and oxygen atoms in total. The fraction of sp³-hybridized carbons (Fsp3) is 0.857. The Morgan fingerprint density at radius 1 is 1.15 bits per heavy atom. The van der Waals surface area contributed by atoms with E-state index in [4.69, 9.17) is 0 Å². The molecule has 0 radical (unpaired) electrons. The first-order valence-corrected chi connectivity index (χ1v) is 7.73. The van der Waals surface area contributed by atoms with Crippen molar-refractivity contribution in [2.45, 2.75) is 51.1 Å². The second kappa shape index (κ2) is 7.59. The van der Waals surface area contributed by atoms with Crippen LogP contribution in [0.3, 0.4) is 0 Å². The summed E-state index contributed by atoms with van der Waals surface area (Å²) in [5.41, 5.74) is 0. The third kappa shape index (κ3) is 4.45. The summed E-state index contributed by atoms with van der Waals surface area (Å²) in [5, 5.41) is 8.63. The summed E-state index contributed by atoms with van der Waals surface area (Å²) >= 11 is 0. The summed E-state index contributed by atoms with van der Waals surface area (Å²) in [4.78, 5) is 26.0. The van der Waals surface area contributed by atoms with E-state index < -0.39 is 0 Å². The minimum Gasteiger partial charge on any atom is -0.335 e. The zero-order chi connectivity index (χ0) is 14.4. The lowest BCUT2D eigenvalue weighted by Crippen LogP contribution is -2.55. The van der Waals surface area contributed by atoms with Gasteiger partial charge in [0.15, 0.2) is 0 Å². The summed E-state index contributed by atoms with van der Waals surface area (Å²) in [6.07, 6.45) is 5.62. The molecule has 20 heavy (non-hydrogen) atoms. The van der Waals surface area contributed by atoms with Gasteiger partial charge in [-0.2, -0.15) is 0 Å². The number of carbonyl (C=O) groups excluding carboxylic acids is 2. The lowest BCUT2D eigenvalue weighted by molar-refractivity contribution is -0.125. The van der Waals surface area contributed by atoms with Crippen molar-refractivity contribution in [3.8, 4) is 0 Å². The normalized spacial score (nSPS) is 23.1. The highest BCUT2D eigenvalue weighted by molar-refractivity contribution is 5.96. The first-order valence-electron chi connectivity index (χ1n) is 7.73. The third-order valence-electron chi connectivity index (χ3n) is 4.26. The summed E-state index contributed by atoms with van der Waals surface area (Å²) in [7, 11) is 0. The van der Waals surface area contributed by atoms with Crippen molar-refractivity contribution in [1.82, 2.24) is 20.9 Å². The molecule has 0 aromatic carbocycles. The lowest BCUT2D eigenvalue weighted by atomic mass is 9.96. The molecular formula is C14H26N4O2. The second-order valence-electron chi connectivity index (χ2n) is 5.76. The average Bonchev–Trinajstić information content (AvgIpc) is 2.48. The van der Waals surface area contributed by atoms with Crippen molar-refractivity contribution >= 4 is 11.9 Å². The Morgan fingerprint density at radius 3 is 2.45 bits per heavy atom. The predicted octanol–water partition coefficient (Wildman–Crippen LogP) is 0.439. The van der Waals surface area contributed by atoms with Gasteiger partial charge in [0.25, 0.3) is 0 Å². The fourth-order valence-corrected chi connectivity index (χ4v) is 2.92. The van der Waals surface area contributed by atoms with E-state index >= 15 is 0 Å². The lowest BCUT2D eigenvalue weighted by Gasteiger charge is -2.31. The van der Waals surface area contributed by atoms with Crippen LogP contribution < -0.4 is 16.0 Å². The van der Waals surface area contributed by atoms with Gasteiger partial charge in [-0.25, -0.2) is 4.79 Å². The molecule has 3 amide bonds. The highest BCUT2D eigenvalue weighted by atomic mass is 16.2. The molecule has 1 atom stereocenters. The molecule has 3 N–H and O–H groups in total. The zero-order valence-electron chi connectivity index (χ0n) is 12.3. The molecule has 1 unspecified atom stereocenters. The zero-order valence-corrected chi connectivity index (χ0v) is 12.3. The van der Waals surface area contributed by atoms with E-state index in [0.717, 1.165) is 51.9 Å². The van der Waals surface area contributed by atoms with Crippen molar-refractivity contribution in [3.63, 3.8) is 0 Å². The molecule has 1 saturated carbocycles. The van der Waals surface area contributed by atoms with Crippen molar-refractivity contribution < 1.29 is 9.59 Å². The Labute approximate surface area is 120 Å². The molecular weight excluding hydrogens is 256 g/mol. The Kier molecular flexibility index (Phi) is 5.79. The van der Waals surface area contributed by atoms with Crippen LogP contribution in [-0.2, 0) is 4.79 Å². The van der Waals surface area contributed by atoms with Crippen molar-refractivity contribution in [3.05, 3.63) is 0 Å². The van der Waals surface area contributed by atoms with Crippen LogP contribution >= 0.6 is 0 Å². The highest BCUT2D eigenvalue weighted by Gasteiger charge is 2.24. The number of hydrogen-bond acceptors (Lipinski definition) is 4. The minimum atomic E-state index is -0.344. The Hall–Kier alpha value is -1.14. The van der Waals surface area contributed by atoms with Gasteiger partial charge in [0.05, 0.1) is 6.04 Å². The molecule has 1 aliphatic carbocycles. The minimum absolute atomic E-state index is 0.208. The molecule has 114 valence electrons. The molecule has 1 aliphatic heterocycles. The first kappa shape index (κ1) is 15.3. The van der Waals surface area contributed by atoms with Gasteiger partial charge in [-0.15, -0.1) is 0 Å². The van der Waals surface area contributed by atoms with Crippen LogP contribution in [0.25, 0.3) is 0 Å². The van der Waals surface area contributed by atoms with Crippen LogP contribution in [0.4, 0.5) is 4.79 Å². The summed E-state index contributed by atoms with van der Waals surface area (Å²) in [6, 6.07) is -0.371. The van der Waals surface area contributed by atoms with E-state index in [-0.39, 0.29) is 24.0 Å². The number of nitrogens with zero attached hydrogens (tertiary/aromatic N) is 1. The molecule has 0 aromatic rings. The molecule has 6 heteroatoms. The predicted molar refractivity (Wildman–Crippen MR) is 77.5 cm³/mol. The maximum atomic E-state index is 12.1. The van der Waals surface area contributed by atoms with Crippen LogP contribution in [0, 0.1) is 0 Å². The number of imide groups is 1. The van der Waals surface area contributed by atoms with E-state index in [0.29, 0.717) is 0 Å². The van der Waals surface area contributed by atoms with Gasteiger partial charge in [-0.1, -0.05) is 19.3 Å². The Morgan fingerprint density at radius 2 is 1.80 bits per heavy atom. The van der Waals surface area contributed by atoms with Gasteiger partial charge in [-0.3, -0.25) is 15.0 Å². The van der Waals surface area contributed by atoms with E-state index in [9.17, 15) is 9.59 Å². The maximum absolute atomic E-state index is 12.1. The SMILES string of the molecule is CC(C(=O)NC(=O)NC1CCCCC1)N1CCNCC1. The Balaban J connectivity index is 1.73. The van der Waals surface area contributed by atoms with Crippen molar-refractivity contribution in [1.29, 1.82) is 0 Å². The smallest absolute Gasteiger partial charge is 0.321 e. The van der Waals surface area contributed by atoms with Crippen molar-refractivity contribution in [2.24, 2.45) is 0 Å². The van der Waals surface area contributed by atoms with E-state index in [1.165, 1.54) is 6.42 Å². The van der Waals surface area contributed by atoms with E-state index in [1.807, 2.05) is 6.92 Å². The van der Waals surface area contributed by atoms with Crippen LogP contribution in [-0.4, -0.2) is 55.1 Å². The van der Waals surface area contributed by atoms with E-state index in [2.05, 4.69) is 20.9 Å². The Bertz CT molecular complexity index is 336. The van der Waals surface area contributed by atoms with Gasteiger partial charge in [0, 0.05) is 32.2 Å². The van der Waals surface area contributed by atoms with Gasteiger partial charge >= 0.3 is 6.03 Å². The second-order valence-corrected chi connectivity index (χ2v) is 5.76. The fourth-order valence-electron chi connectivity index (χ4n) is 2.92. The summed E-state index contributed by atoms with van der Waals surface area (Å²) in [6.45, 7) is 5.34. The summed E-state index contributed by atoms with van der Waals surface area (Å²) < 4.78 is 0. The van der Waals surface area contributed by atoms with Crippen LogP contribution in [0.5, 0.6) is 0 Å². The van der Waals surface area contributed by atoms with Gasteiger partial charge < -0.3 is 10.6 Å². The van der Waals surface area contributed by atoms with E-state index in [1.54, 1.807) is 0 Å². The monoisotopic (exact) mass is 282 g/mol. The third-order valence-corrected chi connectivity index (χ3v) is 4.26. The molecule has 0 bridgehead atoms. The number of rotatable bonds is 3. The van der Waals surface area contributed by atoms with Crippen LogP contribution in [0.2, 0.25) is 0 Å². The number of amides is 3. The van der Waals surface area contributed by atoms with Crippen molar-refractivity contribution in [2.75, 3.05) is 26.2 Å². The molecule has 1 heterocycles. The summed E-state index contributed by atoms with van der Waals surface area (Å²) in [5.74, 6) is -0.208. The number of hydrogen-bond donors (Lipinski definition) is 3. The quantitative estimate of drug-likeness (QED) is 0.702. The molecule has 1 saturated heterocycles. The molecule has 2 aliphatic rings. The van der Waals surface area contributed by atoms with Gasteiger partial charge in [0.1, 0.15) is 0 Å². The van der Waals surface area contributed by atoms with Gasteiger partial charge in [-0.05, 0) is 19.8 Å². The molecule has 0 aromatic heterocycles. The number of nitrogens with one attached hydrogen (secondary N) is 3. The van der Waals surface area contributed by atoms with Gasteiger partial charge in [0.2, 0.25) is 5.91 Å². The molecule has 2 fully saturated rings. The molecule has 0 spiro atoms. The standard InChI is InChI=1S/C14H26N4O2/c1-11(18-9-7-15-8-10-18)13(19)17-14(20)16-12-5-3-2-4-6-12/h11-12,15H,2-10H2,1H3,(H2,16,17,19,20). The average molecular weight is 282 g/mol.